The SMILES string of the molecule is CCNC(=NCc1nccn1Cc1ccccc1)NCCSc1ccccc1.I. The highest BCUT2D eigenvalue weighted by atomic mass is 127. The van der Waals surface area contributed by atoms with Crippen molar-refractivity contribution >= 4 is 41.7 Å². The van der Waals surface area contributed by atoms with Gasteiger partial charge in [-0.05, 0) is 24.6 Å². The van der Waals surface area contributed by atoms with E-state index in [1.54, 1.807) is 0 Å². The molecule has 0 atom stereocenters. The normalized spacial score (nSPS) is 11.0. The predicted molar refractivity (Wildman–Crippen MR) is 133 cm³/mol. The first-order valence-electron chi connectivity index (χ1n) is 9.59. The Balaban J connectivity index is 0.00000300. The third-order valence-electron chi connectivity index (χ3n) is 4.13. The van der Waals surface area contributed by atoms with E-state index in [4.69, 9.17) is 4.99 Å². The second-order valence-electron chi connectivity index (χ2n) is 6.24. The number of benzene rings is 2. The number of nitrogens with zero attached hydrogens (tertiary/aromatic N) is 3. The summed E-state index contributed by atoms with van der Waals surface area (Å²) < 4.78 is 2.15. The minimum Gasteiger partial charge on any atom is -0.357 e. The molecule has 3 aromatic rings. The molecule has 0 bridgehead atoms. The smallest absolute Gasteiger partial charge is 0.191 e. The molecule has 0 unspecified atom stereocenters. The van der Waals surface area contributed by atoms with Gasteiger partial charge in [0.25, 0.3) is 0 Å². The van der Waals surface area contributed by atoms with E-state index in [0.29, 0.717) is 6.54 Å². The molecule has 0 fully saturated rings. The van der Waals surface area contributed by atoms with E-state index >= 15 is 0 Å². The van der Waals surface area contributed by atoms with Crippen LogP contribution in [0.15, 0.2) is 82.9 Å². The van der Waals surface area contributed by atoms with Gasteiger partial charge in [-0.2, -0.15) is 0 Å². The molecule has 2 aromatic carbocycles. The van der Waals surface area contributed by atoms with Crippen molar-refractivity contribution in [1.29, 1.82) is 0 Å². The van der Waals surface area contributed by atoms with E-state index in [1.807, 2.05) is 36.3 Å². The van der Waals surface area contributed by atoms with Crippen LogP contribution in [0.1, 0.15) is 18.3 Å². The number of hydrogen-bond acceptors (Lipinski definition) is 3. The molecule has 7 heteroatoms. The van der Waals surface area contributed by atoms with Gasteiger partial charge in [-0.25, -0.2) is 9.98 Å². The van der Waals surface area contributed by atoms with Gasteiger partial charge in [-0.3, -0.25) is 0 Å². The van der Waals surface area contributed by atoms with Crippen molar-refractivity contribution in [1.82, 2.24) is 20.2 Å². The molecule has 1 heterocycles. The number of nitrogens with one attached hydrogen (secondary N) is 2. The van der Waals surface area contributed by atoms with Crippen LogP contribution >= 0.6 is 35.7 Å². The molecular weight excluding hydrogens is 493 g/mol. The van der Waals surface area contributed by atoms with Crippen molar-refractivity contribution in [3.63, 3.8) is 0 Å². The first kappa shape index (κ1) is 23.3. The summed E-state index contributed by atoms with van der Waals surface area (Å²) in [5.74, 6) is 2.77. The van der Waals surface area contributed by atoms with E-state index in [2.05, 4.69) is 75.6 Å². The number of imidazole rings is 1. The zero-order valence-corrected chi connectivity index (χ0v) is 19.8. The van der Waals surface area contributed by atoms with Gasteiger partial charge in [0.15, 0.2) is 5.96 Å². The Morgan fingerprint density at radius 2 is 1.76 bits per heavy atom. The van der Waals surface area contributed by atoms with Crippen molar-refractivity contribution in [2.75, 3.05) is 18.8 Å². The van der Waals surface area contributed by atoms with Crippen LogP contribution in [0, 0.1) is 0 Å². The van der Waals surface area contributed by atoms with Crippen molar-refractivity contribution in [3.8, 4) is 0 Å². The lowest BCUT2D eigenvalue weighted by molar-refractivity contribution is 0.718. The Hall–Kier alpha value is -2.00. The van der Waals surface area contributed by atoms with Crippen LogP contribution in [0.2, 0.25) is 0 Å². The maximum Gasteiger partial charge on any atom is 0.191 e. The van der Waals surface area contributed by atoms with E-state index < -0.39 is 0 Å². The summed E-state index contributed by atoms with van der Waals surface area (Å²) in [7, 11) is 0. The van der Waals surface area contributed by atoms with Crippen LogP contribution in [0.3, 0.4) is 0 Å². The number of halogens is 1. The quantitative estimate of drug-likeness (QED) is 0.144. The summed E-state index contributed by atoms with van der Waals surface area (Å²) in [5.41, 5.74) is 1.26. The number of aliphatic imine (C=N–C) groups is 1. The molecule has 0 amide bonds. The molecule has 0 aliphatic carbocycles. The lowest BCUT2D eigenvalue weighted by Crippen LogP contribution is -2.38. The van der Waals surface area contributed by atoms with E-state index in [0.717, 1.165) is 37.2 Å². The summed E-state index contributed by atoms with van der Waals surface area (Å²) in [6, 6.07) is 20.9. The number of guanidine groups is 1. The molecule has 0 saturated heterocycles. The average Bonchev–Trinajstić information content (AvgIpc) is 3.17. The highest BCUT2D eigenvalue weighted by molar-refractivity contribution is 14.0. The van der Waals surface area contributed by atoms with Crippen LogP contribution < -0.4 is 10.6 Å². The maximum atomic E-state index is 4.70. The van der Waals surface area contributed by atoms with Gasteiger partial charge < -0.3 is 15.2 Å². The van der Waals surface area contributed by atoms with Gasteiger partial charge in [0.05, 0.1) is 0 Å². The zero-order valence-electron chi connectivity index (χ0n) is 16.6. The van der Waals surface area contributed by atoms with Gasteiger partial charge in [-0.1, -0.05) is 48.5 Å². The molecule has 2 N–H and O–H groups in total. The van der Waals surface area contributed by atoms with E-state index in [-0.39, 0.29) is 24.0 Å². The lowest BCUT2D eigenvalue weighted by Gasteiger charge is -2.12. The van der Waals surface area contributed by atoms with Gasteiger partial charge >= 0.3 is 0 Å². The molecule has 3 rings (SSSR count). The molecule has 29 heavy (non-hydrogen) atoms. The Kier molecular flexibility index (Phi) is 10.6. The third kappa shape index (κ3) is 8.10. The van der Waals surface area contributed by atoms with Crippen molar-refractivity contribution in [3.05, 3.63) is 84.4 Å². The number of aromatic nitrogens is 2. The van der Waals surface area contributed by atoms with Gasteiger partial charge in [0.2, 0.25) is 0 Å². The molecule has 0 aliphatic rings. The Bertz CT molecular complexity index is 852. The van der Waals surface area contributed by atoms with Crippen LogP contribution in [0.4, 0.5) is 0 Å². The molecule has 0 spiro atoms. The van der Waals surface area contributed by atoms with Crippen LogP contribution in [0.25, 0.3) is 0 Å². The van der Waals surface area contributed by atoms with Gasteiger partial charge in [0, 0.05) is 42.7 Å². The first-order chi connectivity index (χ1) is 13.8. The minimum atomic E-state index is 0. The Morgan fingerprint density at radius 1 is 1.03 bits per heavy atom. The summed E-state index contributed by atoms with van der Waals surface area (Å²) >= 11 is 1.84. The summed E-state index contributed by atoms with van der Waals surface area (Å²) in [5, 5.41) is 6.71. The number of rotatable bonds is 9. The third-order valence-corrected chi connectivity index (χ3v) is 5.14. The molecule has 0 radical (unpaired) electrons. The molecular formula is C22H28IN5S. The summed E-state index contributed by atoms with van der Waals surface area (Å²) in [6.07, 6.45) is 3.85. The average molecular weight is 521 g/mol. The highest BCUT2D eigenvalue weighted by Crippen LogP contribution is 2.15. The first-order valence-corrected chi connectivity index (χ1v) is 10.6. The molecule has 5 nitrogen and oxygen atoms in total. The molecule has 0 aliphatic heterocycles. The summed E-state index contributed by atoms with van der Waals surface area (Å²) in [6.45, 7) is 5.11. The fourth-order valence-electron chi connectivity index (χ4n) is 2.76. The molecule has 154 valence electrons. The second-order valence-corrected chi connectivity index (χ2v) is 7.41. The minimum absolute atomic E-state index is 0. The van der Waals surface area contributed by atoms with E-state index in [1.165, 1.54) is 10.5 Å². The van der Waals surface area contributed by atoms with Gasteiger partial charge in [0.1, 0.15) is 12.4 Å². The largest absolute Gasteiger partial charge is 0.357 e. The van der Waals surface area contributed by atoms with Crippen LogP contribution in [-0.4, -0.2) is 34.4 Å². The predicted octanol–water partition coefficient (Wildman–Crippen LogP) is 4.40. The second kappa shape index (κ2) is 13.3. The highest BCUT2D eigenvalue weighted by Gasteiger charge is 2.04. The monoisotopic (exact) mass is 521 g/mol. The lowest BCUT2D eigenvalue weighted by atomic mass is 10.2. The fraction of sp³-hybridized carbons (Fsp3) is 0.273. The molecule has 1 aromatic heterocycles. The zero-order chi connectivity index (χ0) is 19.4. The van der Waals surface area contributed by atoms with Gasteiger partial charge in [-0.15, -0.1) is 35.7 Å². The Morgan fingerprint density at radius 3 is 2.48 bits per heavy atom. The van der Waals surface area contributed by atoms with Crippen LogP contribution in [-0.2, 0) is 13.1 Å². The van der Waals surface area contributed by atoms with Crippen LogP contribution in [0.5, 0.6) is 0 Å². The number of hydrogen-bond donors (Lipinski definition) is 2. The topological polar surface area (TPSA) is 54.2 Å². The standard InChI is InChI=1S/C22H27N5S.HI/c1-2-23-22(25-14-16-28-20-11-7-4-8-12-20)26-17-21-24-13-15-27(21)18-19-9-5-3-6-10-19;/h3-13,15H,2,14,16-18H2,1H3,(H2,23,25,26);1H. The number of thioether (sulfide) groups is 1. The van der Waals surface area contributed by atoms with Crippen molar-refractivity contribution in [2.24, 2.45) is 4.99 Å². The molecule has 0 saturated carbocycles. The fourth-order valence-corrected chi connectivity index (χ4v) is 3.55. The van der Waals surface area contributed by atoms with E-state index in [9.17, 15) is 0 Å². The van der Waals surface area contributed by atoms with Crippen molar-refractivity contribution in [2.45, 2.75) is 24.9 Å². The Labute approximate surface area is 194 Å². The summed E-state index contributed by atoms with van der Waals surface area (Å²) in [4.78, 5) is 10.5. The maximum absolute atomic E-state index is 4.70. The van der Waals surface area contributed by atoms with Crippen molar-refractivity contribution < 1.29 is 0 Å².